The average molecular weight is 474 g/mol. The van der Waals surface area contributed by atoms with Gasteiger partial charge in [-0.15, -0.1) is 12.4 Å². The van der Waals surface area contributed by atoms with Crippen LogP contribution in [0.2, 0.25) is 0 Å². The third-order valence-corrected chi connectivity index (χ3v) is 6.22. The number of ketones is 2. The van der Waals surface area contributed by atoms with Crippen molar-refractivity contribution >= 4 is 29.9 Å². The number of carbonyl (C=O) groups excluding carboxylic acids is 3. The zero-order chi connectivity index (χ0) is 22.3. The first-order valence-electron chi connectivity index (χ1n) is 11.5. The minimum absolute atomic E-state index is 0. The summed E-state index contributed by atoms with van der Waals surface area (Å²) >= 11 is 0. The Balaban J connectivity index is 0.00000306. The lowest BCUT2D eigenvalue weighted by molar-refractivity contribution is -0.121. The van der Waals surface area contributed by atoms with Crippen LogP contribution in [-0.2, 0) is 19.1 Å². The number of nitrogens with one attached hydrogen (secondary N) is 3. The molecule has 178 valence electrons. The molecule has 0 aromatic carbocycles. The van der Waals surface area contributed by atoms with Crippen molar-refractivity contribution in [2.24, 2.45) is 5.92 Å². The molecule has 4 rings (SSSR count). The maximum Gasteiger partial charge on any atom is 0.220 e. The molecule has 0 radical (unpaired) electrons. The van der Waals surface area contributed by atoms with Crippen molar-refractivity contribution in [1.29, 1.82) is 0 Å². The number of halogens is 1. The minimum atomic E-state index is -0.131. The molecule has 4 aliphatic rings. The van der Waals surface area contributed by atoms with E-state index in [2.05, 4.69) is 34.2 Å². The molecule has 3 atom stereocenters. The van der Waals surface area contributed by atoms with Crippen molar-refractivity contribution in [3.8, 4) is 0 Å². The highest BCUT2D eigenvalue weighted by molar-refractivity contribution is 6.02. The van der Waals surface area contributed by atoms with Crippen LogP contribution in [0.1, 0.15) is 32.1 Å². The molecule has 33 heavy (non-hydrogen) atoms. The maximum atomic E-state index is 12.5. The zero-order valence-corrected chi connectivity index (χ0v) is 19.5. The van der Waals surface area contributed by atoms with E-state index in [1.165, 1.54) is 6.08 Å². The highest BCUT2D eigenvalue weighted by Gasteiger charge is 2.31. The Labute approximate surface area is 200 Å². The lowest BCUT2D eigenvalue weighted by Crippen LogP contribution is -2.37. The molecule has 7 nitrogen and oxygen atoms in total. The normalized spacial score (nSPS) is 28.9. The molecule has 2 aliphatic carbocycles. The van der Waals surface area contributed by atoms with Gasteiger partial charge in [0.05, 0.1) is 13.1 Å². The summed E-state index contributed by atoms with van der Waals surface area (Å²) in [6.07, 6.45) is 16.5. The van der Waals surface area contributed by atoms with E-state index in [-0.39, 0.29) is 47.9 Å². The maximum absolute atomic E-state index is 12.5. The Morgan fingerprint density at radius 2 is 1.88 bits per heavy atom. The van der Waals surface area contributed by atoms with Crippen molar-refractivity contribution < 1.29 is 19.1 Å². The molecule has 3 N–H and O–H groups in total. The summed E-state index contributed by atoms with van der Waals surface area (Å²) in [5.41, 5.74) is 2.04. The number of Topliss-reactive ketones (excluding diaryl/α,β-unsaturated/α-hetero) is 1. The van der Waals surface area contributed by atoms with Gasteiger partial charge in [-0.3, -0.25) is 14.4 Å². The van der Waals surface area contributed by atoms with Gasteiger partial charge in [0, 0.05) is 37.2 Å². The van der Waals surface area contributed by atoms with Gasteiger partial charge in [0.15, 0.2) is 11.6 Å². The molecule has 0 aromatic heterocycles. The molecule has 2 bridgehead atoms. The SMILES string of the molecule is Cl.O=C1C=CC2=C3CCC(=O)NCC4C=CC(C4)NCC(=O)CNCC=CCCC3OC2=C1. The first-order valence-corrected chi connectivity index (χ1v) is 11.5. The number of hydrogen-bond donors (Lipinski definition) is 3. The van der Waals surface area contributed by atoms with Crippen LogP contribution >= 0.6 is 12.4 Å². The zero-order valence-electron chi connectivity index (χ0n) is 18.7. The van der Waals surface area contributed by atoms with Gasteiger partial charge in [-0.25, -0.2) is 0 Å². The van der Waals surface area contributed by atoms with E-state index in [1.54, 1.807) is 6.08 Å². The summed E-state index contributed by atoms with van der Waals surface area (Å²) in [6.45, 7) is 1.91. The van der Waals surface area contributed by atoms with Crippen LogP contribution in [0.3, 0.4) is 0 Å². The van der Waals surface area contributed by atoms with Crippen LogP contribution in [0.25, 0.3) is 0 Å². The molecule has 8 heteroatoms. The summed E-state index contributed by atoms with van der Waals surface area (Å²) in [5.74, 6) is 0.969. The van der Waals surface area contributed by atoms with Gasteiger partial charge in [-0.1, -0.05) is 24.3 Å². The minimum Gasteiger partial charge on any atom is -0.485 e. The molecule has 1 amide bonds. The second-order valence-corrected chi connectivity index (χ2v) is 8.68. The predicted molar refractivity (Wildman–Crippen MR) is 129 cm³/mol. The smallest absolute Gasteiger partial charge is 0.220 e. The fourth-order valence-corrected chi connectivity index (χ4v) is 4.50. The molecular weight excluding hydrogens is 442 g/mol. The first-order chi connectivity index (χ1) is 15.6. The van der Waals surface area contributed by atoms with E-state index in [0.29, 0.717) is 44.8 Å². The second kappa shape index (κ2) is 12.1. The van der Waals surface area contributed by atoms with E-state index in [0.717, 1.165) is 30.4 Å². The van der Waals surface area contributed by atoms with Gasteiger partial charge >= 0.3 is 0 Å². The number of hydrogen-bond acceptors (Lipinski definition) is 6. The molecule has 0 saturated heterocycles. The molecule has 0 spiro atoms. The van der Waals surface area contributed by atoms with Crippen LogP contribution in [0.5, 0.6) is 0 Å². The quantitative estimate of drug-likeness (QED) is 0.466. The molecule has 0 saturated carbocycles. The topological polar surface area (TPSA) is 96.5 Å². The Morgan fingerprint density at radius 1 is 1.00 bits per heavy atom. The van der Waals surface area contributed by atoms with E-state index >= 15 is 0 Å². The molecule has 3 unspecified atom stereocenters. The summed E-state index contributed by atoms with van der Waals surface area (Å²) in [7, 11) is 0. The number of allylic oxidation sites excluding steroid dienone is 4. The number of rotatable bonds is 0. The number of amides is 1. The Kier molecular flexibility index (Phi) is 9.23. The van der Waals surface area contributed by atoms with Crippen LogP contribution in [0, 0.1) is 5.92 Å². The van der Waals surface area contributed by atoms with Crippen molar-refractivity contribution in [2.45, 2.75) is 44.2 Å². The third kappa shape index (κ3) is 7.00. The summed E-state index contributed by atoms with van der Waals surface area (Å²) < 4.78 is 6.07. The number of fused-ring (bicyclic) bond motifs is 4. The number of carbonyl (C=O) groups is 3. The van der Waals surface area contributed by atoms with Crippen LogP contribution in [0.4, 0.5) is 0 Å². The fraction of sp³-hybridized carbons (Fsp3) is 0.480. The number of ether oxygens (including phenoxy) is 1. The van der Waals surface area contributed by atoms with Gasteiger partial charge in [-0.05, 0) is 49.3 Å². The van der Waals surface area contributed by atoms with Crippen molar-refractivity contribution in [1.82, 2.24) is 16.0 Å². The van der Waals surface area contributed by atoms with E-state index in [1.807, 2.05) is 12.2 Å². The first kappa shape index (κ1) is 25.1. The molecule has 2 aliphatic heterocycles. The lowest BCUT2D eigenvalue weighted by atomic mass is 9.94. The summed E-state index contributed by atoms with van der Waals surface area (Å²) in [4.78, 5) is 36.3. The van der Waals surface area contributed by atoms with Gasteiger partial charge < -0.3 is 20.7 Å². The lowest BCUT2D eigenvalue weighted by Gasteiger charge is -2.16. The van der Waals surface area contributed by atoms with Gasteiger partial charge in [0.1, 0.15) is 11.9 Å². The predicted octanol–water partition coefficient (Wildman–Crippen LogP) is 2.07. The van der Waals surface area contributed by atoms with Gasteiger partial charge in [0.25, 0.3) is 0 Å². The Hall–Kier alpha value is -2.48. The third-order valence-electron chi connectivity index (χ3n) is 6.22. The van der Waals surface area contributed by atoms with Crippen LogP contribution < -0.4 is 16.0 Å². The van der Waals surface area contributed by atoms with Crippen molar-refractivity contribution in [3.05, 3.63) is 59.4 Å². The largest absolute Gasteiger partial charge is 0.485 e. The average Bonchev–Trinajstić information content (AvgIpc) is 3.37. The van der Waals surface area contributed by atoms with E-state index < -0.39 is 0 Å². The molecule has 0 aromatic rings. The fourth-order valence-electron chi connectivity index (χ4n) is 4.50. The molecular formula is C25H32ClN3O4. The van der Waals surface area contributed by atoms with Crippen molar-refractivity contribution in [3.63, 3.8) is 0 Å². The Bertz CT molecular complexity index is 919. The van der Waals surface area contributed by atoms with Gasteiger partial charge in [0.2, 0.25) is 5.91 Å². The van der Waals surface area contributed by atoms with Gasteiger partial charge in [-0.2, -0.15) is 0 Å². The highest BCUT2D eigenvalue weighted by Crippen LogP contribution is 2.37. The van der Waals surface area contributed by atoms with Crippen molar-refractivity contribution in [2.75, 3.05) is 26.2 Å². The van der Waals surface area contributed by atoms with E-state index in [9.17, 15) is 14.4 Å². The summed E-state index contributed by atoms with van der Waals surface area (Å²) in [6, 6.07) is 0.167. The van der Waals surface area contributed by atoms with E-state index in [4.69, 9.17) is 4.74 Å². The Morgan fingerprint density at radius 3 is 2.76 bits per heavy atom. The second-order valence-electron chi connectivity index (χ2n) is 8.68. The van der Waals surface area contributed by atoms with Crippen LogP contribution in [0.15, 0.2) is 59.4 Å². The summed E-state index contributed by atoms with van der Waals surface area (Å²) in [5, 5.41) is 9.49. The molecule has 0 fully saturated rings. The monoisotopic (exact) mass is 473 g/mol. The molecule has 2 heterocycles. The standard InChI is InChI=1S/C25H31N3O4.ClH/c29-19-7-8-22-21-9-10-25(31)28-14-17-5-6-18(12-17)27-16-20(30)15-26-11-3-1-2-4-23(21)32-24(22)13-19;/h1,3,5-8,13,17-18,23,26-27H,2,4,9-12,14-16H2,(H,28,31);1H. The highest BCUT2D eigenvalue weighted by atomic mass is 35.5. The van der Waals surface area contributed by atoms with Crippen LogP contribution in [-0.4, -0.2) is 55.8 Å².